The van der Waals surface area contributed by atoms with Gasteiger partial charge in [-0.1, -0.05) is 42.5 Å². The average molecular weight is 446 g/mol. The molecule has 0 radical (unpaired) electrons. The van der Waals surface area contributed by atoms with Crippen LogP contribution < -0.4 is 10.6 Å². The van der Waals surface area contributed by atoms with Crippen molar-refractivity contribution in [1.29, 1.82) is 0 Å². The van der Waals surface area contributed by atoms with Crippen molar-refractivity contribution in [2.45, 2.75) is 26.8 Å². The van der Waals surface area contributed by atoms with Crippen molar-refractivity contribution in [3.8, 4) is 0 Å². The van der Waals surface area contributed by atoms with Gasteiger partial charge < -0.3 is 10.6 Å². The van der Waals surface area contributed by atoms with Gasteiger partial charge in [0.25, 0.3) is 5.91 Å². The first kappa shape index (κ1) is 21.7. The highest BCUT2D eigenvalue weighted by Gasteiger charge is 2.27. The van der Waals surface area contributed by atoms with Gasteiger partial charge in [0.1, 0.15) is 16.6 Å². The van der Waals surface area contributed by atoms with Crippen LogP contribution in [0.4, 0.5) is 15.2 Å². The number of amides is 1. The number of hydrogen-bond acceptors (Lipinski definition) is 4. The average Bonchev–Trinajstić information content (AvgIpc) is 3.06. The van der Waals surface area contributed by atoms with Crippen molar-refractivity contribution in [1.82, 2.24) is 4.98 Å². The number of nitrogens with zero attached hydrogens (tertiary/aromatic N) is 1. The number of aryl methyl sites for hydroxylation is 2. The third-order valence-electron chi connectivity index (χ3n) is 5.38. The monoisotopic (exact) mass is 445 g/mol. The van der Waals surface area contributed by atoms with E-state index in [1.54, 1.807) is 24.3 Å². The molecule has 0 saturated carbocycles. The summed E-state index contributed by atoms with van der Waals surface area (Å²) in [4.78, 5) is 18.5. The number of carbonyl (C=O) groups is 1. The van der Waals surface area contributed by atoms with Gasteiger partial charge in [-0.15, -0.1) is 11.3 Å². The maximum absolute atomic E-state index is 15.0. The van der Waals surface area contributed by atoms with E-state index in [0.717, 1.165) is 21.7 Å². The lowest BCUT2D eigenvalue weighted by Gasteiger charge is -2.23. The largest absolute Gasteiger partial charge is 0.359 e. The summed E-state index contributed by atoms with van der Waals surface area (Å²) in [5, 5.41) is 7.15. The molecule has 4 aromatic rings. The first-order valence-electron chi connectivity index (χ1n) is 10.3. The maximum Gasteiger partial charge on any atom is 0.256 e. The van der Waals surface area contributed by atoms with Crippen molar-refractivity contribution < 1.29 is 9.18 Å². The summed E-state index contributed by atoms with van der Waals surface area (Å²) in [6, 6.07) is 20.9. The molecule has 0 spiro atoms. The Labute approximate surface area is 191 Å². The fourth-order valence-electron chi connectivity index (χ4n) is 3.64. The zero-order chi connectivity index (χ0) is 22.7. The minimum Gasteiger partial charge on any atom is -0.359 e. The van der Waals surface area contributed by atoms with Crippen LogP contribution in [-0.2, 0) is 0 Å². The van der Waals surface area contributed by atoms with Crippen LogP contribution in [0.2, 0.25) is 0 Å². The predicted octanol–water partition coefficient (Wildman–Crippen LogP) is 6.66. The van der Waals surface area contributed by atoms with E-state index in [0.29, 0.717) is 21.9 Å². The third kappa shape index (κ3) is 4.55. The molecule has 0 aliphatic carbocycles. The Hall–Kier alpha value is -3.51. The number of nitrogens with one attached hydrogen (secondary N) is 2. The molecule has 2 heterocycles. The second-order valence-electron chi connectivity index (χ2n) is 7.61. The highest BCUT2D eigenvalue weighted by Crippen LogP contribution is 2.41. The normalized spacial score (nSPS) is 11.8. The van der Waals surface area contributed by atoms with Crippen LogP contribution in [0.1, 0.15) is 43.7 Å². The van der Waals surface area contributed by atoms with E-state index in [-0.39, 0.29) is 11.7 Å². The number of anilines is 2. The van der Waals surface area contributed by atoms with Gasteiger partial charge in [0.2, 0.25) is 0 Å². The summed E-state index contributed by atoms with van der Waals surface area (Å²) >= 11 is 1.49. The first-order valence-corrected chi connectivity index (χ1v) is 11.2. The third-order valence-corrected chi connectivity index (χ3v) is 6.52. The lowest BCUT2D eigenvalue weighted by molar-refractivity contribution is 0.102. The molecule has 32 heavy (non-hydrogen) atoms. The molecular weight excluding hydrogens is 421 g/mol. The lowest BCUT2D eigenvalue weighted by Crippen LogP contribution is -2.19. The number of carbonyl (C=O) groups excluding carboxylic acids is 1. The molecular formula is C26H24FN3OS. The Morgan fingerprint density at radius 2 is 1.66 bits per heavy atom. The van der Waals surface area contributed by atoms with Crippen molar-refractivity contribution in [3.05, 3.63) is 111 Å². The Morgan fingerprint density at radius 1 is 0.938 bits per heavy atom. The molecule has 0 saturated heterocycles. The maximum atomic E-state index is 15.0. The number of rotatable bonds is 6. The smallest absolute Gasteiger partial charge is 0.256 e. The molecule has 2 aromatic heterocycles. The van der Waals surface area contributed by atoms with Crippen LogP contribution >= 0.6 is 11.3 Å². The summed E-state index contributed by atoms with van der Waals surface area (Å²) in [5.41, 5.74) is 3.76. The molecule has 0 bridgehead atoms. The van der Waals surface area contributed by atoms with E-state index in [1.807, 2.05) is 63.2 Å². The quantitative estimate of drug-likeness (QED) is 0.349. The molecule has 1 unspecified atom stereocenters. The van der Waals surface area contributed by atoms with Crippen molar-refractivity contribution in [2.24, 2.45) is 0 Å². The first-order chi connectivity index (χ1) is 15.4. The van der Waals surface area contributed by atoms with Crippen LogP contribution in [-0.4, -0.2) is 10.9 Å². The molecule has 1 atom stereocenters. The summed E-state index contributed by atoms with van der Waals surface area (Å²) in [6.45, 7) is 5.92. The second kappa shape index (κ2) is 9.32. The SMILES string of the molecule is Cc1cccc(NC(c2ccccc2F)c2c(NC(=O)c3ccccc3)sc(C)c2C)n1. The van der Waals surface area contributed by atoms with E-state index in [1.165, 1.54) is 17.4 Å². The molecule has 4 nitrogen and oxygen atoms in total. The summed E-state index contributed by atoms with van der Waals surface area (Å²) in [6.07, 6.45) is 0. The van der Waals surface area contributed by atoms with Crippen molar-refractivity contribution in [2.75, 3.05) is 10.6 Å². The molecule has 6 heteroatoms. The Balaban J connectivity index is 1.80. The highest BCUT2D eigenvalue weighted by atomic mass is 32.1. The van der Waals surface area contributed by atoms with E-state index < -0.39 is 6.04 Å². The zero-order valence-electron chi connectivity index (χ0n) is 18.1. The molecule has 2 aromatic carbocycles. The number of benzene rings is 2. The minimum absolute atomic E-state index is 0.200. The van der Waals surface area contributed by atoms with Gasteiger partial charge >= 0.3 is 0 Å². The molecule has 0 fully saturated rings. The van der Waals surface area contributed by atoms with Gasteiger partial charge in [0.05, 0.1) is 6.04 Å². The minimum atomic E-state index is -0.526. The Bertz CT molecular complexity index is 1250. The van der Waals surface area contributed by atoms with Gasteiger partial charge in [-0.3, -0.25) is 4.79 Å². The number of halogens is 1. The van der Waals surface area contributed by atoms with Crippen molar-refractivity contribution in [3.63, 3.8) is 0 Å². The van der Waals surface area contributed by atoms with E-state index in [4.69, 9.17) is 0 Å². The second-order valence-corrected chi connectivity index (χ2v) is 8.83. The molecule has 0 aliphatic rings. The predicted molar refractivity (Wildman–Crippen MR) is 129 cm³/mol. The molecule has 162 valence electrons. The molecule has 1 amide bonds. The fraction of sp³-hybridized carbons (Fsp3) is 0.154. The topological polar surface area (TPSA) is 54.0 Å². The summed E-state index contributed by atoms with van der Waals surface area (Å²) in [5.74, 6) is 0.122. The van der Waals surface area contributed by atoms with Gasteiger partial charge in [-0.2, -0.15) is 0 Å². The molecule has 0 aliphatic heterocycles. The van der Waals surface area contributed by atoms with Crippen LogP contribution in [0.5, 0.6) is 0 Å². The fourth-order valence-corrected chi connectivity index (χ4v) is 4.73. The van der Waals surface area contributed by atoms with Gasteiger partial charge in [0, 0.05) is 27.3 Å². The van der Waals surface area contributed by atoms with Crippen LogP contribution in [0.3, 0.4) is 0 Å². The van der Waals surface area contributed by atoms with Gasteiger partial charge in [-0.25, -0.2) is 9.37 Å². The van der Waals surface area contributed by atoms with Crippen LogP contribution in [0, 0.1) is 26.6 Å². The molecule has 2 N–H and O–H groups in total. The van der Waals surface area contributed by atoms with E-state index in [9.17, 15) is 9.18 Å². The number of thiophene rings is 1. The summed E-state index contributed by atoms with van der Waals surface area (Å²) < 4.78 is 15.0. The zero-order valence-corrected chi connectivity index (χ0v) is 19.0. The number of pyridine rings is 1. The van der Waals surface area contributed by atoms with Crippen molar-refractivity contribution >= 4 is 28.1 Å². The van der Waals surface area contributed by atoms with E-state index >= 15 is 0 Å². The molecule has 4 rings (SSSR count). The van der Waals surface area contributed by atoms with Crippen LogP contribution in [0.25, 0.3) is 0 Å². The number of aromatic nitrogens is 1. The summed E-state index contributed by atoms with van der Waals surface area (Å²) in [7, 11) is 0. The van der Waals surface area contributed by atoms with E-state index in [2.05, 4.69) is 15.6 Å². The van der Waals surface area contributed by atoms with Crippen LogP contribution in [0.15, 0.2) is 72.8 Å². The lowest BCUT2D eigenvalue weighted by atomic mass is 9.96. The Kier molecular flexibility index (Phi) is 6.32. The van der Waals surface area contributed by atoms with Gasteiger partial charge in [0.15, 0.2) is 0 Å². The number of hydrogen-bond donors (Lipinski definition) is 2. The Morgan fingerprint density at radius 3 is 2.38 bits per heavy atom. The van der Waals surface area contributed by atoms with Gasteiger partial charge in [-0.05, 0) is 56.7 Å². The standard InChI is InChI=1S/C26H24FN3OS/c1-16-10-9-15-22(28-16)29-24(20-13-7-8-14-21(20)27)23-17(2)18(3)32-26(23)30-25(31)19-11-5-4-6-12-19/h4-15,24H,1-3H3,(H,28,29)(H,30,31). The highest BCUT2D eigenvalue weighted by molar-refractivity contribution is 7.16.